The average Bonchev–Trinajstić information content (AvgIpc) is 2.46. The lowest BCUT2D eigenvalue weighted by molar-refractivity contribution is 0.354. The van der Waals surface area contributed by atoms with E-state index in [0.717, 1.165) is 16.7 Å². The maximum absolute atomic E-state index is 6.11. The number of hydrogen-bond donors (Lipinski definition) is 1. The van der Waals surface area contributed by atoms with Crippen molar-refractivity contribution in [2.45, 2.75) is 6.54 Å². The fourth-order valence-corrected chi connectivity index (χ4v) is 2.76. The van der Waals surface area contributed by atoms with E-state index in [9.17, 15) is 0 Å². The fraction of sp³-hybridized carbons (Fsp3) is 0.250. The Morgan fingerprint density at radius 3 is 2.00 bits per heavy atom. The Kier molecular flexibility index (Phi) is 5.34. The number of ether oxygens (including phenoxy) is 2. The van der Waals surface area contributed by atoms with Crippen molar-refractivity contribution in [3.05, 3.63) is 45.9 Å². The van der Waals surface area contributed by atoms with E-state index in [2.05, 4.69) is 5.32 Å². The summed E-state index contributed by atoms with van der Waals surface area (Å²) in [4.78, 5) is 0. The molecular weight excluding hydrogens is 309 g/mol. The molecule has 112 valence electrons. The van der Waals surface area contributed by atoms with Crippen LogP contribution in [0.2, 0.25) is 10.0 Å². The first kappa shape index (κ1) is 16.0. The quantitative estimate of drug-likeness (QED) is 0.883. The van der Waals surface area contributed by atoms with Crippen LogP contribution in [0, 0.1) is 0 Å². The van der Waals surface area contributed by atoms with Gasteiger partial charge in [0.15, 0.2) is 11.5 Å². The number of nitrogens with one attached hydrogen (secondary N) is 1. The zero-order chi connectivity index (χ0) is 15.4. The molecule has 0 saturated heterocycles. The molecule has 0 heterocycles. The molecule has 2 aromatic carbocycles. The lowest BCUT2D eigenvalue weighted by Gasteiger charge is -2.15. The molecule has 1 N–H and O–H groups in total. The predicted molar refractivity (Wildman–Crippen MR) is 87.8 cm³/mol. The van der Waals surface area contributed by atoms with Gasteiger partial charge < -0.3 is 14.8 Å². The number of hydrogen-bond acceptors (Lipinski definition) is 3. The molecule has 0 unspecified atom stereocenters. The van der Waals surface area contributed by atoms with Crippen molar-refractivity contribution in [2.75, 3.05) is 21.3 Å². The van der Waals surface area contributed by atoms with Crippen molar-refractivity contribution in [2.24, 2.45) is 0 Å². The molecule has 0 spiro atoms. The molecule has 0 atom stereocenters. The second-order valence-electron chi connectivity index (χ2n) is 4.55. The first-order valence-corrected chi connectivity index (χ1v) is 7.20. The second kappa shape index (κ2) is 7.03. The Morgan fingerprint density at radius 1 is 0.905 bits per heavy atom. The van der Waals surface area contributed by atoms with E-state index in [0.29, 0.717) is 28.1 Å². The van der Waals surface area contributed by atoms with Gasteiger partial charge >= 0.3 is 0 Å². The number of rotatable bonds is 5. The van der Waals surface area contributed by atoms with E-state index >= 15 is 0 Å². The van der Waals surface area contributed by atoms with E-state index < -0.39 is 0 Å². The Hall–Kier alpha value is -1.42. The molecule has 0 aliphatic heterocycles. The molecule has 0 bridgehead atoms. The van der Waals surface area contributed by atoms with Gasteiger partial charge in [-0.2, -0.15) is 0 Å². The van der Waals surface area contributed by atoms with Gasteiger partial charge in [-0.05, 0) is 54.1 Å². The van der Waals surface area contributed by atoms with Crippen molar-refractivity contribution in [1.82, 2.24) is 5.32 Å². The summed E-state index contributed by atoms with van der Waals surface area (Å²) >= 11 is 12.2. The first-order chi connectivity index (χ1) is 10.1. The summed E-state index contributed by atoms with van der Waals surface area (Å²) in [6, 6.07) is 9.37. The molecule has 3 nitrogen and oxygen atoms in total. The third-order valence-electron chi connectivity index (χ3n) is 3.15. The highest BCUT2D eigenvalue weighted by molar-refractivity contribution is 6.35. The van der Waals surface area contributed by atoms with Gasteiger partial charge in [0.05, 0.1) is 14.2 Å². The summed E-state index contributed by atoms with van der Waals surface area (Å²) in [7, 11) is 5.13. The summed E-state index contributed by atoms with van der Waals surface area (Å²) in [5.74, 6) is 1.36. The minimum absolute atomic E-state index is 0.600. The van der Waals surface area contributed by atoms with Gasteiger partial charge in [0.1, 0.15) is 0 Å². The summed E-state index contributed by atoms with van der Waals surface area (Å²) in [6.07, 6.45) is 0. The topological polar surface area (TPSA) is 30.5 Å². The van der Waals surface area contributed by atoms with Crippen LogP contribution >= 0.6 is 23.2 Å². The van der Waals surface area contributed by atoms with E-state index in [1.165, 1.54) is 0 Å². The number of methoxy groups -OCH3 is 2. The van der Waals surface area contributed by atoms with Gasteiger partial charge in [0, 0.05) is 16.6 Å². The summed E-state index contributed by atoms with van der Waals surface area (Å²) < 4.78 is 10.7. The molecule has 0 aliphatic carbocycles. The molecule has 2 aromatic rings. The third-order valence-corrected chi connectivity index (χ3v) is 3.59. The van der Waals surface area contributed by atoms with Crippen LogP contribution in [-0.4, -0.2) is 21.3 Å². The molecule has 0 saturated carbocycles. The number of halogens is 2. The molecule has 0 aliphatic rings. The van der Waals surface area contributed by atoms with Crippen LogP contribution in [0.25, 0.3) is 11.1 Å². The Morgan fingerprint density at radius 2 is 1.48 bits per heavy atom. The van der Waals surface area contributed by atoms with Gasteiger partial charge in [0.25, 0.3) is 0 Å². The predicted octanol–water partition coefficient (Wildman–Crippen LogP) is 4.40. The zero-order valence-electron chi connectivity index (χ0n) is 12.2. The molecule has 5 heteroatoms. The van der Waals surface area contributed by atoms with Crippen LogP contribution in [0.5, 0.6) is 11.5 Å². The Balaban J connectivity index is 2.64. The maximum Gasteiger partial charge on any atom is 0.161 e. The summed E-state index contributed by atoms with van der Waals surface area (Å²) in [5, 5.41) is 4.35. The van der Waals surface area contributed by atoms with E-state index in [-0.39, 0.29) is 0 Å². The highest BCUT2D eigenvalue weighted by atomic mass is 35.5. The van der Waals surface area contributed by atoms with E-state index in [4.69, 9.17) is 32.7 Å². The fourth-order valence-electron chi connectivity index (χ4n) is 2.24. The van der Waals surface area contributed by atoms with Crippen LogP contribution < -0.4 is 14.8 Å². The van der Waals surface area contributed by atoms with Crippen molar-refractivity contribution in [3.63, 3.8) is 0 Å². The van der Waals surface area contributed by atoms with Gasteiger partial charge in [0.2, 0.25) is 0 Å². The molecule has 21 heavy (non-hydrogen) atoms. The average molecular weight is 326 g/mol. The van der Waals surface area contributed by atoms with Crippen LogP contribution in [0.1, 0.15) is 5.56 Å². The summed E-state index contributed by atoms with van der Waals surface area (Å²) in [5.41, 5.74) is 3.03. The number of benzene rings is 2. The van der Waals surface area contributed by atoms with Crippen LogP contribution in [-0.2, 0) is 6.54 Å². The zero-order valence-corrected chi connectivity index (χ0v) is 13.7. The second-order valence-corrected chi connectivity index (χ2v) is 5.43. The molecule has 2 rings (SSSR count). The van der Waals surface area contributed by atoms with Gasteiger partial charge in [-0.25, -0.2) is 0 Å². The van der Waals surface area contributed by atoms with Crippen LogP contribution in [0.3, 0.4) is 0 Å². The normalized spacial score (nSPS) is 10.5. The maximum atomic E-state index is 6.11. The van der Waals surface area contributed by atoms with Crippen molar-refractivity contribution < 1.29 is 9.47 Å². The summed E-state index contributed by atoms with van der Waals surface area (Å²) in [6.45, 7) is 0.694. The van der Waals surface area contributed by atoms with Crippen molar-refractivity contribution in [1.29, 1.82) is 0 Å². The van der Waals surface area contributed by atoms with E-state index in [1.807, 2.05) is 31.3 Å². The smallest absolute Gasteiger partial charge is 0.161 e. The van der Waals surface area contributed by atoms with Gasteiger partial charge in [-0.1, -0.05) is 23.2 Å². The minimum Gasteiger partial charge on any atom is -0.493 e. The van der Waals surface area contributed by atoms with E-state index in [1.54, 1.807) is 20.3 Å². The highest BCUT2D eigenvalue weighted by Crippen LogP contribution is 2.37. The van der Waals surface area contributed by atoms with Crippen molar-refractivity contribution >= 4 is 23.2 Å². The van der Waals surface area contributed by atoms with Gasteiger partial charge in [-0.3, -0.25) is 0 Å². The first-order valence-electron chi connectivity index (χ1n) is 6.45. The standard InChI is InChI=1S/C16H17Cl2NO2/c1-19-9-11-6-15(20-2)16(21-3)8-14(11)10-4-12(17)7-13(18)5-10/h4-8,19H,9H2,1-3H3. The lowest BCUT2D eigenvalue weighted by Crippen LogP contribution is -2.07. The van der Waals surface area contributed by atoms with Crippen LogP contribution in [0.4, 0.5) is 0 Å². The lowest BCUT2D eigenvalue weighted by atomic mass is 9.98. The Labute approximate surface area is 134 Å². The van der Waals surface area contributed by atoms with Crippen molar-refractivity contribution in [3.8, 4) is 22.6 Å². The largest absolute Gasteiger partial charge is 0.493 e. The third kappa shape index (κ3) is 3.62. The molecule has 0 fully saturated rings. The molecule has 0 amide bonds. The molecular formula is C16H17Cl2NO2. The highest BCUT2D eigenvalue weighted by Gasteiger charge is 2.13. The Bertz CT molecular complexity index is 624. The SMILES string of the molecule is CNCc1cc(OC)c(OC)cc1-c1cc(Cl)cc(Cl)c1. The minimum atomic E-state index is 0.600. The monoisotopic (exact) mass is 325 g/mol. The van der Waals surface area contributed by atoms with Gasteiger partial charge in [-0.15, -0.1) is 0 Å². The molecule has 0 aromatic heterocycles. The van der Waals surface area contributed by atoms with Crippen LogP contribution in [0.15, 0.2) is 30.3 Å². The molecule has 0 radical (unpaired) electrons.